The molecule has 72 heavy (non-hydrogen) atoms. The van der Waals surface area contributed by atoms with Crippen LogP contribution in [0.5, 0.6) is 0 Å². The number of hydrogen-bond donors (Lipinski definition) is 3. The van der Waals surface area contributed by atoms with Gasteiger partial charge in [-0.05, 0) is 46.1 Å². The van der Waals surface area contributed by atoms with Gasteiger partial charge in [-0.1, -0.05) is 73.6 Å². The van der Waals surface area contributed by atoms with Gasteiger partial charge >= 0.3 is 32.1 Å². The Kier molecular flexibility index (Phi) is 16.6. The van der Waals surface area contributed by atoms with Crippen LogP contribution in [0.2, 0.25) is 22.2 Å². The first kappa shape index (κ1) is 54.2. The van der Waals surface area contributed by atoms with Gasteiger partial charge in [0.15, 0.2) is 47.1 Å². The molecule has 7 heterocycles. The Hall–Kier alpha value is -4.08. The second-order valence-corrected chi connectivity index (χ2v) is 31.3. The van der Waals surface area contributed by atoms with Crippen molar-refractivity contribution in [2.45, 2.75) is 133 Å². The molecule has 0 bridgehead atoms. The molecule has 3 N–H and O–H groups in total. The van der Waals surface area contributed by atoms with Gasteiger partial charge in [-0.25, -0.2) is 28.7 Å². The largest absolute Gasteiger partial charge is 0.414 e. The van der Waals surface area contributed by atoms with E-state index in [0.717, 1.165) is 18.9 Å². The van der Waals surface area contributed by atoms with Crippen molar-refractivity contribution < 1.29 is 63.6 Å². The third-order valence-electron chi connectivity index (χ3n) is 13.0. The predicted molar refractivity (Wildman–Crippen MR) is 264 cm³/mol. The molecule has 10 atom stereocenters. The number of halogens is 2. The zero-order chi connectivity index (χ0) is 51.9. The van der Waals surface area contributed by atoms with Gasteiger partial charge in [-0.15, -0.1) is 0 Å². The average Bonchev–Trinajstić information content (AvgIpc) is 4.08. The molecule has 22 nitrogen and oxygen atoms in total. The van der Waals surface area contributed by atoms with Crippen LogP contribution in [-0.4, -0.2) is 118 Å². The molecule has 4 aromatic heterocycles. The summed E-state index contributed by atoms with van der Waals surface area (Å²) in [6, 6.07) is 10.3. The van der Waals surface area contributed by atoms with Gasteiger partial charge < -0.3 is 55.8 Å². The van der Waals surface area contributed by atoms with Gasteiger partial charge in [0, 0.05) is 11.8 Å². The highest BCUT2D eigenvalue weighted by Gasteiger charge is 2.63. The molecule has 0 radical (unpaired) electrons. The van der Waals surface area contributed by atoms with Crippen molar-refractivity contribution in [2.24, 2.45) is 0 Å². The van der Waals surface area contributed by atoms with Crippen molar-refractivity contribution in [1.82, 2.24) is 34.1 Å². The summed E-state index contributed by atoms with van der Waals surface area (Å²) >= 11 is 6.11. The van der Waals surface area contributed by atoms with E-state index in [9.17, 15) is 24.3 Å². The van der Waals surface area contributed by atoms with Gasteiger partial charge in [0.05, 0.1) is 45.0 Å². The molecule has 1 aromatic carbocycles. The minimum atomic E-state index is -4.25. The van der Waals surface area contributed by atoms with Gasteiger partial charge in [0.2, 0.25) is 0 Å². The number of nitriles is 1. The summed E-state index contributed by atoms with van der Waals surface area (Å²) in [5, 5.41) is 11.9. The topological polar surface area (TPSA) is 268 Å². The lowest BCUT2D eigenvalue weighted by Crippen LogP contribution is -2.65. The van der Waals surface area contributed by atoms with E-state index in [1.165, 1.54) is 15.5 Å². The number of fused-ring (bicyclic) bond motifs is 3. The number of aromatic nitrogens is 7. The molecule has 8 rings (SSSR count). The number of amides is 1. The van der Waals surface area contributed by atoms with Crippen LogP contribution in [-0.2, 0) is 56.9 Å². The van der Waals surface area contributed by atoms with Crippen LogP contribution < -0.4 is 10.9 Å². The number of ether oxygens (including phenoxy) is 2. The number of anilines is 1. The fraction of sp³-hybridized carbons (Fsp3) is 0.558. The monoisotopic (exact) mass is 1100 g/mol. The molecule has 1 amide bonds. The highest BCUT2D eigenvalue weighted by Crippen LogP contribution is 2.57. The summed E-state index contributed by atoms with van der Waals surface area (Å²) in [5.74, 6) is -1.37. The van der Waals surface area contributed by atoms with E-state index in [4.69, 9.17) is 52.3 Å². The zero-order valence-electron chi connectivity index (χ0n) is 40.5. The van der Waals surface area contributed by atoms with Gasteiger partial charge in [0.25, 0.3) is 11.5 Å². The first-order chi connectivity index (χ1) is 34.2. The van der Waals surface area contributed by atoms with Crippen molar-refractivity contribution >= 4 is 77.8 Å². The van der Waals surface area contributed by atoms with Gasteiger partial charge in [-0.3, -0.25) is 23.2 Å². The number of H-pyrrole nitrogens is 1. The summed E-state index contributed by atoms with van der Waals surface area (Å²) in [6.07, 6.45) is -7.35. The maximum Gasteiger partial charge on any atom is 0.335 e. The van der Waals surface area contributed by atoms with E-state index in [0.29, 0.717) is 5.56 Å². The van der Waals surface area contributed by atoms with Crippen LogP contribution in [0.3, 0.4) is 0 Å². The smallest absolute Gasteiger partial charge is 0.335 e. The SMILES string of the molecule is CC(C)[Si]1(C(C)C)OC[C@H]2O[C@@H](n3cc(F)c4c(=O)[nH]cnc43)[C@H](OP(=S)(OCCC#N)OC[C@H]3O[C@@H](n4cnc5c(NC(=O)c6ccccc6)ncnc54)[C@H](F)[C@@H]3O[PH](=O)O)[C@@H]2O[Si](C(C)C)(C(C)C)O1. The molecular formula is C43H57F2N9O13P2SSi2. The number of nitrogens with one attached hydrogen (secondary N) is 2. The van der Waals surface area contributed by atoms with Crippen LogP contribution in [0, 0.1) is 17.1 Å². The fourth-order valence-electron chi connectivity index (χ4n) is 9.53. The summed E-state index contributed by atoms with van der Waals surface area (Å²) in [5.41, 5.74) is -0.769. The second kappa shape index (κ2) is 22.0. The number of hydrogen-bond acceptors (Lipinski definition) is 18. The minimum absolute atomic E-state index is 0.0189. The lowest BCUT2D eigenvalue weighted by atomic mass is 10.1. The van der Waals surface area contributed by atoms with Crippen LogP contribution in [0.4, 0.5) is 14.6 Å². The molecule has 0 saturated carbocycles. The molecule has 2 unspecified atom stereocenters. The average molecular weight is 1100 g/mol. The lowest BCUT2D eigenvalue weighted by molar-refractivity contribution is -0.0584. The number of rotatable bonds is 18. The van der Waals surface area contributed by atoms with E-state index in [-0.39, 0.29) is 69.8 Å². The molecule has 0 aliphatic carbocycles. The molecule has 3 aliphatic rings. The van der Waals surface area contributed by atoms with Crippen molar-refractivity contribution in [3.63, 3.8) is 0 Å². The first-order valence-electron chi connectivity index (χ1n) is 23.3. The quantitative estimate of drug-likeness (QED) is 0.0439. The van der Waals surface area contributed by atoms with Crippen LogP contribution in [0.15, 0.2) is 60.3 Å². The Balaban J connectivity index is 1.15. The number of nitrogens with zero attached hydrogens (tertiary/aromatic N) is 7. The maximum atomic E-state index is 16.8. The lowest BCUT2D eigenvalue weighted by Gasteiger charge is -2.51. The first-order valence-corrected chi connectivity index (χ1v) is 31.1. The van der Waals surface area contributed by atoms with Crippen molar-refractivity contribution in [3.8, 4) is 6.07 Å². The molecule has 3 aliphatic heterocycles. The van der Waals surface area contributed by atoms with Crippen molar-refractivity contribution in [2.75, 3.05) is 25.1 Å². The van der Waals surface area contributed by atoms with Gasteiger partial charge in [-0.2, -0.15) is 5.26 Å². The Labute approximate surface area is 420 Å². The summed E-state index contributed by atoms with van der Waals surface area (Å²) in [4.78, 5) is 55.5. The zero-order valence-corrected chi connectivity index (χ0v) is 45.3. The van der Waals surface area contributed by atoms with Crippen LogP contribution in [0.1, 0.15) is 84.6 Å². The van der Waals surface area contributed by atoms with E-state index in [1.54, 1.807) is 30.3 Å². The Morgan fingerprint density at radius 3 is 2.38 bits per heavy atom. The second-order valence-electron chi connectivity index (χ2n) is 18.7. The van der Waals surface area contributed by atoms with Crippen LogP contribution in [0.25, 0.3) is 22.2 Å². The Morgan fingerprint density at radius 2 is 1.71 bits per heavy atom. The molecule has 0 spiro atoms. The number of alkyl halides is 1. The molecule has 390 valence electrons. The Bertz CT molecular complexity index is 2920. The van der Waals surface area contributed by atoms with Gasteiger partial charge in [0.1, 0.15) is 42.2 Å². The normalized spacial score (nSPS) is 26.5. The van der Waals surface area contributed by atoms with E-state index in [1.807, 2.05) is 33.8 Å². The highest BCUT2D eigenvalue weighted by molar-refractivity contribution is 8.07. The van der Waals surface area contributed by atoms with E-state index in [2.05, 4.69) is 57.9 Å². The van der Waals surface area contributed by atoms with Crippen molar-refractivity contribution in [3.05, 3.63) is 77.2 Å². The molecular weight excluding hydrogens is 1040 g/mol. The molecule has 29 heteroatoms. The summed E-state index contributed by atoms with van der Waals surface area (Å²) < 4.78 is 107. The number of carbonyl (C=O) groups excluding carboxylic acids is 1. The highest BCUT2D eigenvalue weighted by atomic mass is 32.5. The Morgan fingerprint density at radius 1 is 1.00 bits per heavy atom. The molecule has 5 aromatic rings. The predicted octanol–water partition coefficient (Wildman–Crippen LogP) is 7.37. The number of benzene rings is 1. The number of imidazole rings is 1. The van der Waals surface area contributed by atoms with E-state index >= 15 is 8.78 Å². The van der Waals surface area contributed by atoms with Crippen LogP contribution >= 0.6 is 15.0 Å². The number of carbonyl (C=O) groups is 1. The third kappa shape index (κ3) is 10.5. The number of aromatic amines is 1. The summed E-state index contributed by atoms with van der Waals surface area (Å²) in [7, 11) is -10.4. The maximum absolute atomic E-state index is 16.8. The standard InChI is InChI=1S/C43H57F2N9O13P2SSi2/c1-23(2)71(24(3)4)61-19-30-35(66-72(67-71,25(5)6)26(7)8)36(43(63-30)53-17-28(44)31-38(53)48-21-50-41(31)56)65-69(70,59-16-12-15-46)60-18-29-34(64-68(57)58)32(45)42(62-29)54-22-51-33-37(47-20-49-39(33)54)52-40(55)27-13-10-9-11-14-27/h9-11,13-14,17,20-26,29-30,32,34-36,42-43,68H,12,16,18-19H2,1-8H3,(H,57,58)(H,48,50,56)(H,47,49,52,55)/t29-,30-,32-,34-,35-,36-,42-,43-,69?/m1/s1. The minimum Gasteiger partial charge on any atom is -0.414 e. The fourth-order valence-corrected chi connectivity index (χ4v) is 23.3. The van der Waals surface area contributed by atoms with E-state index < -0.39 is 105 Å². The molecule has 3 fully saturated rings. The third-order valence-corrected chi connectivity index (χ3v) is 26.1. The molecule has 3 saturated heterocycles. The van der Waals surface area contributed by atoms with Crippen molar-refractivity contribution in [1.29, 1.82) is 5.26 Å². The summed E-state index contributed by atoms with van der Waals surface area (Å²) in [6.45, 7) is 11.0.